The average Bonchev–Trinajstić information content (AvgIpc) is 2.73. The molecule has 3 rings (SSSR count). The quantitative estimate of drug-likeness (QED) is 0.404. The van der Waals surface area contributed by atoms with Gasteiger partial charge in [0.05, 0.1) is 21.0 Å². The summed E-state index contributed by atoms with van der Waals surface area (Å²) in [5.41, 5.74) is -0.806. The molecule has 1 amide bonds. The topological polar surface area (TPSA) is 87.3 Å². The molecule has 0 bridgehead atoms. The van der Waals surface area contributed by atoms with Crippen LogP contribution in [0.5, 0.6) is 0 Å². The first-order valence-electron chi connectivity index (χ1n) is 9.13. The van der Waals surface area contributed by atoms with Gasteiger partial charge < -0.3 is 5.32 Å². The van der Waals surface area contributed by atoms with Gasteiger partial charge in [-0.15, -0.1) is 0 Å². The van der Waals surface area contributed by atoms with Crippen LogP contribution in [0.1, 0.15) is 15.9 Å². The number of carbonyl (C=O) groups is 1. The average molecular weight is 514 g/mol. The predicted molar refractivity (Wildman–Crippen MR) is 124 cm³/mol. The number of sulfonamides is 1. The monoisotopic (exact) mass is 513 g/mol. The maximum Gasteiger partial charge on any atom is 0.416 e. The number of nitrogens with one attached hydrogen (secondary N) is 3. The predicted octanol–water partition coefficient (Wildman–Crippen LogP) is 5.29. The first-order chi connectivity index (χ1) is 15.5. The van der Waals surface area contributed by atoms with E-state index in [0.29, 0.717) is 6.07 Å². The number of hydrogen-bond donors (Lipinski definition) is 3. The molecule has 0 saturated heterocycles. The summed E-state index contributed by atoms with van der Waals surface area (Å²) in [6.45, 7) is 0. The van der Waals surface area contributed by atoms with E-state index in [9.17, 15) is 26.4 Å². The summed E-state index contributed by atoms with van der Waals surface area (Å²) in [5.74, 6) is -0.562. The number of hydrogen-bond acceptors (Lipinski definition) is 4. The Morgan fingerprint density at radius 2 is 1.58 bits per heavy atom. The van der Waals surface area contributed by atoms with Gasteiger partial charge in [0.2, 0.25) is 0 Å². The summed E-state index contributed by atoms with van der Waals surface area (Å²) in [5, 5.41) is 5.23. The molecular weight excluding hydrogens is 499 g/mol. The Bertz CT molecular complexity index is 1320. The minimum atomic E-state index is -4.62. The highest BCUT2D eigenvalue weighted by Gasteiger charge is 2.30. The molecule has 0 fully saturated rings. The summed E-state index contributed by atoms with van der Waals surface area (Å²) in [7, 11) is -4.21. The fourth-order valence-electron chi connectivity index (χ4n) is 2.69. The van der Waals surface area contributed by atoms with Crippen molar-refractivity contribution in [3.63, 3.8) is 0 Å². The molecule has 0 aliphatic rings. The molecule has 0 spiro atoms. The molecule has 0 unspecified atom stereocenters. The first kappa shape index (κ1) is 24.5. The molecule has 3 N–H and O–H groups in total. The lowest BCUT2D eigenvalue weighted by Gasteiger charge is -2.13. The molecule has 3 aromatic rings. The van der Waals surface area contributed by atoms with E-state index in [1.807, 2.05) is 0 Å². The minimum Gasteiger partial charge on any atom is -0.332 e. The molecule has 0 aliphatic heterocycles. The van der Waals surface area contributed by atoms with Crippen LogP contribution >= 0.6 is 23.8 Å². The van der Waals surface area contributed by atoms with E-state index in [1.54, 1.807) is 18.2 Å². The van der Waals surface area contributed by atoms with E-state index in [-0.39, 0.29) is 32.0 Å². The third-order valence-corrected chi connectivity index (χ3v) is 6.10. The fraction of sp³-hybridized carbons (Fsp3) is 0.0476. The maximum absolute atomic E-state index is 12.9. The van der Waals surface area contributed by atoms with Crippen LogP contribution in [0.25, 0.3) is 0 Å². The van der Waals surface area contributed by atoms with E-state index >= 15 is 0 Å². The van der Waals surface area contributed by atoms with Crippen LogP contribution in [0.2, 0.25) is 5.02 Å². The van der Waals surface area contributed by atoms with E-state index in [2.05, 4.69) is 15.4 Å². The second-order valence-corrected chi connectivity index (χ2v) is 9.10. The molecule has 33 heavy (non-hydrogen) atoms. The summed E-state index contributed by atoms with van der Waals surface area (Å²) in [6.07, 6.45) is -4.62. The highest BCUT2D eigenvalue weighted by atomic mass is 35.5. The van der Waals surface area contributed by atoms with E-state index < -0.39 is 27.7 Å². The number of carbonyl (C=O) groups excluding carboxylic acids is 1. The number of alkyl halides is 3. The van der Waals surface area contributed by atoms with Crippen molar-refractivity contribution in [1.29, 1.82) is 0 Å². The van der Waals surface area contributed by atoms with Crippen molar-refractivity contribution < 1.29 is 26.4 Å². The van der Waals surface area contributed by atoms with Crippen molar-refractivity contribution >= 4 is 56.2 Å². The van der Waals surface area contributed by atoms with Gasteiger partial charge >= 0.3 is 6.18 Å². The lowest BCUT2D eigenvalue weighted by Crippen LogP contribution is -2.34. The maximum atomic E-state index is 12.9. The Kier molecular flexibility index (Phi) is 7.25. The van der Waals surface area contributed by atoms with Gasteiger partial charge in [0.1, 0.15) is 0 Å². The van der Waals surface area contributed by atoms with Gasteiger partial charge in [-0.2, -0.15) is 13.2 Å². The number of thiocarbonyl (C=S) groups is 1. The van der Waals surface area contributed by atoms with Crippen LogP contribution in [0.4, 0.5) is 24.5 Å². The van der Waals surface area contributed by atoms with Crippen molar-refractivity contribution in [2.24, 2.45) is 0 Å². The van der Waals surface area contributed by atoms with Crippen molar-refractivity contribution in [3.8, 4) is 0 Å². The van der Waals surface area contributed by atoms with Crippen molar-refractivity contribution in [2.75, 3.05) is 10.0 Å². The van der Waals surface area contributed by atoms with Crippen LogP contribution < -0.4 is 15.4 Å². The van der Waals surface area contributed by atoms with Crippen LogP contribution in [0, 0.1) is 0 Å². The Balaban J connectivity index is 1.73. The zero-order valence-electron chi connectivity index (χ0n) is 16.5. The molecule has 3 aromatic carbocycles. The number of anilines is 2. The molecule has 12 heteroatoms. The van der Waals surface area contributed by atoms with Gasteiger partial charge in [0, 0.05) is 11.4 Å². The molecule has 0 atom stereocenters. The molecule has 0 heterocycles. The molecule has 6 nitrogen and oxygen atoms in total. The smallest absolute Gasteiger partial charge is 0.332 e. The van der Waals surface area contributed by atoms with Gasteiger partial charge in [-0.05, 0) is 60.7 Å². The normalized spacial score (nSPS) is 11.5. The van der Waals surface area contributed by atoms with Crippen LogP contribution in [0.3, 0.4) is 0 Å². The number of amides is 1. The number of rotatable bonds is 5. The van der Waals surface area contributed by atoms with Crippen molar-refractivity contribution in [2.45, 2.75) is 11.1 Å². The fourth-order valence-corrected chi connectivity index (χ4v) is 4.22. The van der Waals surface area contributed by atoms with Crippen LogP contribution in [0.15, 0.2) is 77.7 Å². The Labute approximate surface area is 197 Å². The molecule has 0 saturated carbocycles. The largest absolute Gasteiger partial charge is 0.416 e. The molecule has 0 aromatic heterocycles. The lowest BCUT2D eigenvalue weighted by atomic mass is 10.2. The Morgan fingerprint density at radius 1 is 0.909 bits per heavy atom. The van der Waals surface area contributed by atoms with Gasteiger partial charge in [-0.25, -0.2) is 8.42 Å². The standard InChI is InChI=1S/C21H15ClF3N3O3S2/c22-18-10-2-1-9-17(18)19(29)27-20(32)26-14-6-4-8-16(12-14)33(30,31)28-15-7-3-5-13(11-15)21(23,24)25/h1-12,28H,(H2,26,27,29,32). The van der Waals surface area contributed by atoms with Gasteiger partial charge in [-0.1, -0.05) is 35.9 Å². The van der Waals surface area contributed by atoms with E-state index in [4.69, 9.17) is 23.8 Å². The second-order valence-electron chi connectivity index (χ2n) is 6.60. The second kappa shape index (κ2) is 9.77. The van der Waals surface area contributed by atoms with Gasteiger partial charge in [0.25, 0.3) is 15.9 Å². The molecule has 0 aliphatic carbocycles. The zero-order valence-corrected chi connectivity index (χ0v) is 18.9. The highest BCUT2D eigenvalue weighted by Crippen LogP contribution is 2.31. The lowest BCUT2D eigenvalue weighted by molar-refractivity contribution is -0.137. The van der Waals surface area contributed by atoms with Crippen LogP contribution in [-0.4, -0.2) is 19.4 Å². The van der Waals surface area contributed by atoms with Crippen molar-refractivity contribution in [3.05, 3.63) is 88.9 Å². The summed E-state index contributed by atoms with van der Waals surface area (Å²) >= 11 is 11.1. The molecular formula is C21H15ClF3N3O3S2. The van der Waals surface area contributed by atoms with E-state index in [1.165, 1.54) is 36.4 Å². The molecule has 172 valence electrons. The van der Waals surface area contributed by atoms with E-state index in [0.717, 1.165) is 12.1 Å². The third-order valence-electron chi connectivity index (χ3n) is 4.19. The third kappa shape index (κ3) is 6.44. The zero-order chi connectivity index (χ0) is 24.2. The number of halogens is 4. The SMILES string of the molecule is O=C(NC(=S)Nc1cccc(S(=O)(=O)Nc2cccc(C(F)(F)F)c2)c1)c1ccccc1Cl. The molecule has 0 radical (unpaired) electrons. The van der Waals surface area contributed by atoms with Gasteiger partial charge in [-0.3, -0.25) is 14.8 Å². The Morgan fingerprint density at radius 3 is 2.27 bits per heavy atom. The minimum absolute atomic E-state index is 0.111. The number of benzene rings is 3. The summed E-state index contributed by atoms with van der Waals surface area (Å²) < 4.78 is 66.1. The highest BCUT2D eigenvalue weighted by molar-refractivity contribution is 7.92. The van der Waals surface area contributed by atoms with Crippen molar-refractivity contribution in [1.82, 2.24) is 5.32 Å². The summed E-state index contributed by atoms with van der Waals surface area (Å²) in [4.78, 5) is 12.1. The van der Waals surface area contributed by atoms with Gasteiger partial charge in [0.15, 0.2) is 5.11 Å². The first-order valence-corrected chi connectivity index (χ1v) is 11.4. The van der Waals surface area contributed by atoms with Crippen LogP contribution in [-0.2, 0) is 16.2 Å². The Hall–Kier alpha value is -3.15. The summed E-state index contributed by atoms with van der Waals surface area (Å²) in [6, 6.07) is 15.5.